The summed E-state index contributed by atoms with van der Waals surface area (Å²) in [6, 6.07) is 23.7. The Bertz CT molecular complexity index is 1060. The molecule has 1 aliphatic heterocycles. The summed E-state index contributed by atoms with van der Waals surface area (Å²) in [5.74, 6) is 0.0300. The summed E-state index contributed by atoms with van der Waals surface area (Å²) in [6.07, 6.45) is 0.850. The summed E-state index contributed by atoms with van der Waals surface area (Å²) in [5, 5.41) is 2.99. The summed E-state index contributed by atoms with van der Waals surface area (Å²) in [5.41, 5.74) is 5.92. The third kappa shape index (κ3) is 4.28. The summed E-state index contributed by atoms with van der Waals surface area (Å²) >= 11 is 0. The van der Waals surface area contributed by atoms with Crippen LogP contribution >= 0.6 is 0 Å². The lowest BCUT2D eigenvalue weighted by Crippen LogP contribution is -2.38. The van der Waals surface area contributed by atoms with Crippen molar-refractivity contribution in [2.45, 2.75) is 26.8 Å². The normalized spacial score (nSPS) is 13.1. The highest BCUT2D eigenvalue weighted by molar-refractivity contribution is 6.04. The van der Waals surface area contributed by atoms with Gasteiger partial charge in [-0.1, -0.05) is 62.4 Å². The smallest absolute Gasteiger partial charge is 0.255 e. The number of fused-ring (bicyclic) bond motifs is 1. The van der Waals surface area contributed by atoms with E-state index in [0.717, 1.165) is 35.3 Å². The Hall–Kier alpha value is -3.40. The second kappa shape index (κ2) is 8.54. The van der Waals surface area contributed by atoms with Gasteiger partial charge in [-0.15, -0.1) is 0 Å². The minimum Gasteiger partial charge on any atom is -0.338 e. The van der Waals surface area contributed by atoms with E-state index in [-0.39, 0.29) is 17.7 Å². The molecule has 1 aliphatic rings. The Morgan fingerprint density at radius 2 is 1.57 bits per heavy atom. The lowest BCUT2D eigenvalue weighted by Gasteiger charge is -2.30. The van der Waals surface area contributed by atoms with E-state index in [2.05, 4.69) is 23.5 Å². The van der Waals surface area contributed by atoms with Crippen molar-refractivity contribution in [3.05, 3.63) is 89.5 Å². The van der Waals surface area contributed by atoms with Crippen molar-refractivity contribution in [2.24, 2.45) is 5.92 Å². The molecule has 4 rings (SSSR count). The number of nitrogens with one attached hydrogen (secondary N) is 1. The Morgan fingerprint density at radius 3 is 2.27 bits per heavy atom. The Labute approximate surface area is 177 Å². The van der Waals surface area contributed by atoms with Gasteiger partial charge in [0.05, 0.1) is 0 Å². The van der Waals surface area contributed by atoms with Crippen LogP contribution < -0.4 is 5.32 Å². The van der Waals surface area contributed by atoms with Crippen molar-refractivity contribution in [3.8, 4) is 11.1 Å². The van der Waals surface area contributed by atoms with E-state index in [9.17, 15) is 9.59 Å². The summed E-state index contributed by atoms with van der Waals surface area (Å²) in [7, 11) is 0. The molecule has 4 nitrogen and oxygen atoms in total. The topological polar surface area (TPSA) is 49.4 Å². The van der Waals surface area contributed by atoms with Crippen molar-refractivity contribution in [2.75, 3.05) is 11.9 Å². The van der Waals surface area contributed by atoms with Gasteiger partial charge in [0, 0.05) is 30.3 Å². The Balaban J connectivity index is 1.46. The molecule has 3 aromatic carbocycles. The third-order valence-electron chi connectivity index (χ3n) is 5.54. The maximum atomic E-state index is 12.7. The van der Waals surface area contributed by atoms with Crippen molar-refractivity contribution >= 4 is 17.5 Å². The highest BCUT2D eigenvalue weighted by Crippen LogP contribution is 2.25. The predicted octanol–water partition coefficient (Wildman–Crippen LogP) is 5.15. The Morgan fingerprint density at radius 1 is 0.867 bits per heavy atom. The van der Waals surface area contributed by atoms with Crippen LogP contribution in [0.1, 0.15) is 35.3 Å². The van der Waals surface area contributed by atoms with Gasteiger partial charge in [0.1, 0.15) is 0 Å². The van der Waals surface area contributed by atoms with Gasteiger partial charge in [0.15, 0.2) is 0 Å². The molecule has 0 aliphatic carbocycles. The molecule has 0 spiro atoms. The fraction of sp³-hybridized carbons (Fsp3) is 0.231. The second-order valence-corrected chi connectivity index (χ2v) is 8.05. The van der Waals surface area contributed by atoms with Crippen LogP contribution in [0.5, 0.6) is 0 Å². The van der Waals surface area contributed by atoms with Gasteiger partial charge in [-0.25, -0.2) is 0 Å². The monoisotopic (exact) mass is 398 g/mol. The van der Waals surface area contributed by atoms with Crippen LogP contribution in [-0.2, 0) is 17.8 Å². The fourth-order valence-electron chi connectivity index (χ4n) is 3.84. The summed E-state index contributed by atoms with van der Waals surface area (Å²) < 4.78 is 0. The molecule has 30 heavy (non-hydrogen) atoms. The molecule has 0 saturated carbocycles. The average molecular weight is 399 g/mol. The van der Waals surface area contributed by atoms with E-state index in [1.165, 1.54) is 5.56 Å². The van der Waals surface area contributed by atoms with Crippen molar-refractivity contribution in [1.29, 1.82) is 0 Å². The average Bonchev–Trinajstić information content (AvgIpc) is 2.78. The van der Waals surface area contributed by atoms with Gasteiger partial charge >= 0.3 is 0 Å². The fourth-order valence-corrected chi connectivity index (χ4v) is 3.84. The van der Waals surface area contributed by atoms with Crippen LogP contribution in [-0.4, -0.2) is 23.3 Å². The molecule has 0 radical (unpaired) electrons. The molecular formula is C26H26N2O2. The molecule has 1 heterocycles. The van der Waals surface area contributed by atoms with Gasteiger partial charge in [0.25, 0.3) is 5.91 Å². The first-order valence-electron chi connectivity index (χ1n) is 10.4. The number of rotatable bonds is 4. The molecule has 1 N–H and O–H groups in total. The summed E-state index contributed by atoms with van der Waals surface area (Å²) in [4.78, 5) is 27.0. The first-order chi connectivity index (χ1) is 14.5. The van der Waals surface area contributed by atoms with E-state index >= 15 is 0 Å². The van der Waals surface area contributed by atoms with Crippen LogP contribution in [0.25, 0.3) is 11.1 Å². The number of nitrogens with zero attached hydrogens (tertiary/aromatic N) is 1. The molecule has 152 valence electrons. The SMILES string of the molecule is CC(C)C(=O)N1CCc2ccc(NC(=O)c3ccc(-c4ccccc4)cc3)cc2C1. The van der Waals surface area contributed by atoms with Crippen molar-refractivity contribution in [3.63, 3.8) is 0 Å². The summed E-state index contributed by atoms with van der Waals surface area (Å²) in [6.45, 7) is 5.21. The number of carbonyl (C=O) groups excluding carboxylic acids is 2. The van der Waals surface area contributed by atoms with Crippen LogP contribution in [0.15, 0.2) is 72.8 Å². The predicted molar refractivity (Wildman–Crippen MR) is 120 cm³/mol. The number of anilines is 1. The van der Waals surface area contributed by atoms with E-state index in [1.807, 2.05) is 73.3 Å². The number of amides is 2. The molecule has 4 heteroatoms. The molecular weight excluding hydrogens is 372 g/mol. The van der Waals surface area contributed by atoms with Gasteiger partial charge < -0.3 is 10.2 Å². The molecule has 0 atom stereocenters. The van der Waals surface area contributed by atoms with E-state index in [1.54, 1.807) is 0 Å². The number of benzene rings is 3. The first kappa shape index (κ1) is 19.9. The molecule has 0 saturated heterocycles. The van der Waals surface area contributed by atoms with Gasteiger partial charge in [-0.3, -0.25) is 9.59 Å². The number of hydrogen-bond acceptors (Lipinski definition) is 2. The number of carbonyl (C=O) groups is 2. The van der Waals surface area contributed by atoms with Crippen molar-refractivity contribution in [1.82, 2.24) is 4.90 Å². The molecule has 0 aromatic heterocycles. The zero-order valence-electron chi connectivity index (χ0n) is 17.4. The maximum Gasteiger partial charge on any atom is 0.255 e. The molecule has 3 aromatic rings. The van der Waals surface area contributed by atoms with Gasteiger partial charge in [-0.2, -0.15) is 0 Å². The first-order valence-corrected chi connectivity index (χ1v) is 10.4. The van der Waals surface area contributed by atoms with E-state index < -0.39 is 0 Å². The number of hydrogen-bond donors (Lipinski definition) is 1. The zero-order chi connectivity index (χ0) is 21.1. The Kier molecular flexibility index (Phi) is 5.66. The molecule has 0 bridgehead atoms. The van der Waals surface area contributed by atoms with Crippen LogP contribution in [0.2, 0.25) is 0 Å². The zero-order valence-corrected chi connectivity index (χ0v) is 17.4. The molecule has 0 fully saturated rings. The molecule has 2 amide bonds. The molecule has 0 unspecified atom stereocenters. The second-order valence-electron chi connectivity index (χ2n) is 8.05. The highest BCUT2D eigenvalue weighted by atomic mass is 16.2. The van der Waals surface area contributed by atoms with Crippen molar-refractivity contribution < 1.29 is 9.59 Å². The lowest BCUT2D eigenvalue weighted by atomic mass is 9.98. The van der Waals surface area contributed by atoms with E-state index in [4.69, 9.17) is 0 Å². The van der Waals surface area contributed by atoms with Gasteiger partial charge in [-0.05, 0) is 52.9 Å². The largest absolute Gasteiger partial charge is 0.338 e. The third-order valence-corrected chi connectivity index (χ3v) is 5.54. The standard InChI is InChI=1S/C26H26N2O2/c1-18(2)26(30)28-15-14-21-12-13-24(16-23(21)17-28)27-25(29)22-10-8-20(9-11-22)19-6-4-3-5-7-19/h3-13,16,18H,14-15,17H2,1-2H3,(H,27,29). The van der Waals surface area contributed by atoms with Crippen LogP contribution in [0.4, 0.5) is 5.69 Å². The minimum absolute atomic E-state index is 0.00621. The maximum absolute atomic E-state index is 12.7. The van der Waals surface area contributed by atoms with Gasteiger partial charge in [0.2, 0.25) is 5.91 Å². The van der Waals surface area contributed by atoms with E-state index in [0.29, 0.717) is 12.1 Å². The van der Waals surface area contributed by atoms with Crippen LogP contribution in [0.3, 0.4) is 0 Å². The lowest BCUT2D eigenvalue weighted by molar-refractivity contribution is -0.135. The van der Waals surface area contributed by atoms with Crippen LogP contribution in [0, 0.1) is 5.92 Å². The highest BCUT2D eigenvalue weighted by Gasteiger charge is 2.22. The quantitative estimate of drug-likeness (QED) is 0.661. The minimum atomic E-state index is -0.138.